The summed E-state index contributed by atoms with van der Waals surface area (Å²) in [5.41, 5.74) is 2.68. The fourth-order valence-corrected chi connectivity index (χ4v) is 5.95. The molecule has 1 fully saturated rings. The molecule has 6 nitrogen and oxygen atoms in total. The van der Waals surface area contributed by atoms with Crippen molar-refractivity contribution >= 4 is 11.8 Å². The number of carbonyl (C=O) groups is 2. The standard InChI is InChI=1S/C37H38N2O4/c1-4-23-37(25-29-13-9-6-10-14-29)36(41)38(26-30-15-19-32(42-2)20-16-30)34(24-28-11-7-5-8-12-28)35(40)39(37)27-31-17-21-33(43-3)22-18-31/h4-22,34H,1,23-27H2,2-3H3/t34-,37-/m0/s1. The van der Waals surface area contributed by atoms with E-state index in [4.69, 9.17) is 9.47 Å². The van der Waals surface area contributed by atoms with Gasteiger partial charge in [-0.25, -0.2) is 0 Å². The van der Waals surface area contributed by atoms with Crippen LogP contribution in [-0.4, -0.2) is 47.4 Å². The molecule has 0 unspecified atom stereocenters. The zero-order chi connectivity index (χ0) is 30.2. The van der Waals surface area contributed by atoms with Gasteiger partial charge in [-0.15, -0.1) is 6.58 Å². The fraction of sp³-hybridized carbons (Fsp3) is 0.243. The lowest BCUT2D eigenvalue weighted by molar-refractivity contribution is -0.173. The first kappa shape index (κ1) is 29.6. The van der Waals surface area contributed by atoms with Crippen LogP contribution < -0.4 is 9.47 Å². The molecule has 4 aromatic rings. The Hall–Kier alpha value is -4.84. The van der Waals surface area contributed by atoms with E-state index in [1.165, 1.54) is 0 Å². The van der Waals surface area contributed by atoms with Crippen molar-refractivity contribution in [2.75, 3.05) is 14.2 Å². The van der Waals surface area contributed by atoms with Crippen LogP contribution in [0.15, 0.2) is 122 Å². The van der Waals surface area contributed by atoms with E-state index in [1.54, 1.807) is 25.2 Å². The minimum Gasteiger partial charge on any atom is -0.497 e. The second-order valence-corrected chi connectivity index (χ2v) is 10.9. The highest BCUT2D eigenvalue weighted by atomic mass is 16.5. The molecular weight excluding hydrogens is 536 g/mol. The molecule has 2 amide bonds. The van der Waals surface area contributed by atoms with E-state index in [-0.39, 0.29) is 18.4 Å². The van der Waals surface area contributed by atoms with Crippen LogP contribution >= 0.6 is 0 Å². The quantitative estimate of drug-likeness (QED) is 0.188. The molecule has 1 aliphatic heterocycles. The van der Waals surface area contributed by atoms with Crippen molar-refractivity contribution in [3.63, 3.8) is 0 Å². The molecule has 0 bridgehead atoms. The third-order valence-electron chi connectivity index (χ3n) is 8.21. The smallest absolute Gasteiger partial charge is 0.250 e. The zero-order valence-corrected chi connectivity index (χ0v) is 24.8. The van der Waals surface area contributed by atoms with Crippen LogP contribution in [0.1, 0.15) is 28.7 Å². The molecule has 0 saturated carbocycles. The molecule has 6 heteroatoms. The van der Waals surface area contributed by atoms with E-state index in [2.05, 4.69) is 6.58 Å². The largest absolute Gasteiger partial charge is 0.497 e. The van der Waals surface area contributed by atoms with Gasteiger partial charge in [-0.1, -0.05) is 91.0 Å². The van der Waals surface area contributed by atoms with Gasteiger partial charge in [0, 0.05) is 25.9 Å². The molecule has 0 aromatic heterocycles. The summed E-state index contributed by atoms with van der Waals surface area (Å²) in [6, 6.07) is 34.5. The lowest BCUT2D eigenvalue weighted by atomic mass is 9.79. The number of benzene rings is 4. The predicted octanol–water partition coefficient (Wildman–Crippen LogP) is 6.24. The van der Waals surface area contributed by atoms with Gasteiger partial charge in [0.05, 0.1) is 14.2 Å². The number of carbonyl (C=O) groups excluding carboxylic acids is 2. The van der Waals surface area contributed by atoms with Crippen molar-refractivity contribution in [1.29, 1.82) is 0 Å². The van der Waals surface area contributed by atoms with Gasteiger partial charge in [0.25, 0.3) is 0 Å². The Labute approximate surface area is 254 Å². The monoisotopic (exact) mass is 574 g/mol. The average Bonchev–Trinajstić information content (AvgIpc) is 3.05. The van der Waals surface area contributed by atoms with E-state index in [9.17, 15) is 4.79 Å². The fourth-order valence-electron chi connectivity index (χ4n) is 5.95. The van der Waals surface area contributed by atoms with Gasteiger partial charge in [-0.05, 0) is 52.9 Å². The summed E-state index contributed by atoms with van der Waals surface area (Å²) in [6.07, 6.45) is 2.87. The number of piperazine rings is 1. The molecule has 43 heavy (non-hydrogen) atoms. The van der Waals surface area contributed by atoms with E-state index < -0.39 is 11.6 Å². The minimum atomic E-state index is -1.15. The molecule has 0 spiro atoms. The maximum absolute atomic E-state index is 15.1. The number of hydrogen-bond acceptors (Lipinski definition) is 4. The van der Waals surface area contributed by atoms with Gasteiger partial charge in [0.1, 0.15) is 23.1 Å². The lowest BCUT2D eigenvalue weighted by Gasteiger charge is -2.52. The molecule has 5 rings (SSSR count). The lowest BCUT2D eigenvalue weighted by Crippen LogP contribution is -2.72. The molecule has 1 saturated heterocycles. The predicted molar refractivity (Wildman–Crippen MR) is 169 cm³/mol. The first-order valence-electron chi connectivity index (χ1n) is 14.5. The molecule has 0 N–H and O–H groups in total. The van der Waals surface area contributed by atoms with E-state index in [1.807, 2.05) is 114 Å². The van der Waals surface area contributed by atoms with Gasteiger partial charge in [-0.2, -0.15) is 0 Å². The third kappa shape index (κ3) is 6.49. The number of ether oxygens (including phenoxy) is 2. The van der Waals surface area contributed by atoms with Gasteiger partial charge in [-0.3, -0.25) is 9.59 Å². The van der Waals surface area contributed by atoms with Crippen molar-refractivity contribution in [3.8, 4) is 11.5 Å². The van der Waals surface area contributed by atoms with Crippen LogP contribution in [0.5, 0.6) is 11.5 Å². The van der Waals surface area contributed by atoms with Gasteiger partial charge < -0.3 is 19.3 Å². The van der Waals surface area contributed by atoms with Gasteiger partial charge in [0.2, 0.25) is 11.8 Å². The molecule has 1 heterocycles. The first-order chi connectivity index (χ1) is 21.0. The molecule has 2 atom stereocenters. The van der Waals surface area contributed by atoms with E-state index in [0.717, 1.165) is 33.8 Å². The third-order valence-corrected chi connectivity index (χ3v) is 8.21. The highest BCUT2D eigenvalue weighted by molar-refractivity contribution is 6.00. The Morgan fingerprint density at radius 1 is 0.698 bits per heavy atom. The summed E-state index contributed by atoms with van der Waals surface area (Å²) >= 11 is 0. The zero-order valence-electron chi connectivity index (χ0n) is 24.8. The molecule has 0 aliphatic carbocycles. The summed E-state index contributed by atoms with van der Waals surface area (Å²) < 4.78 is 10.7. The van der Waals surface area contributed by atoms with Crippen LogP contribution in [0.25, 0.3) is 0 Å². The SMILES string of the molecule is C=CC[C@]1(Cc2ccccc2)C(=O)N(Cc2ccc(OC)cc2)[C@@H](Cc2ccccc2)C(=O)N1Cc1ccc(OC)cc1. The Morgan fingerprint density at radius 2 is 1.21 bits per heavy atom. The second-order valence-electron chi connectivity index (χ2n) is 10.9. The highest BCUT2D eigenvalue weighted by Gasteiger charge is 2.55. The summed E-state index contributed by atoms with van der Waals surface area (Å²) in [4.78, 5) is 33.5. The number of nitrogens with zero attached hydrogens (tertiary/aromatic N) is 2. The molecule has 4 aromatic carbocycles. The van der Waals surface area contributed by atoms with Crippen LogP contribution in [0, 0.1) is 0 Å². The second kappa shape index (κ2) is 13.4. The molecular formula is C37H38N2O4. The summed E-state index contributed by atoms with van der Waals surface area (Å²) in [5, 5.41) is 0. The van der Waals surface area contributed by atoms with Crippen LogP contribution in [0.4, 0.5) is 0 Å². The van der Waals surface area contributed by atoms with E-state index >= 15 is 4.79 Å². The maximum atomic E-state index is 15.1. The van der Waals surface area contributed by atoms with Gasteiger partial charge >= 0.3 is 0 Å². The number of methoxy groups -OCH3 is 2. The van der Waals surface area contributed by atoms with Crippen molar-refractivity contribution in [3.05, 3.63) is 144 Å². The number of amides is 2. The normalized spacial score (nSPS) is 18.4. The van der Waals surface area contributed by atoms with Crippen LogP contribution in [0.2, 0.25) is 0 Å². The van der Waals surface area contributed by atoms with Crippen LogP contribution in [-0.2, 0) is 35.5 Å². The molecule has 220 valence electrons. The van der Waals surface area contributed by atoms with Crippen molar-refractivity contribution in [1.82, 2.24) is 9.80 Å². The summed E-state index contributed by atoms with van der Waals surface area (Å²) in [7, 11) is 3.25. The minimum absolute atomic E-state index is 0.0782. The van der Waals surface area contributed by atoms with E-state index in [0.29, 0.717) is 25.8 Å². The maximum Gasteiger partial charge on any atom is 0.250 e. The Balaban J connectivity index is 1.62. The summed E-state index contributed by atoms with van der Waals surface area (Å²) in [5.74, 6) is 1.31. The highest BCUT2D eigenvalue weighted by Crippen LogP contribution is 2.37. The molecule has 0 radical (unpaired) electrons. The van der Waals surface area contributed by atoms with Crippen LogP contribution in [0.3, 0.4) is 0 Å². The molecule has 1 aliphatic rings. The van der Waals surface area contributed by atoms with Crippen molar-refractivity contribution in [2.24, 2.45) is 0 Å². The van der Waals surface area contributed by atoms with Crippen molar-refractivity contribution in [2.45, 2.75) is 43.9 Å². The van der Waals surface area contributed by atoms with Crippen molar-refractivity contribution < 1.29 is 19.1 Å². The number of hydrogen-bond donors (Lipinski definition) is 0. The summed E-state index contributed by atoms with van der Waals surface area (Å²) in [6.45, 7) is 4.63. The first-order valence-corrected chi connectivity index (χ1v) is 14.5. The Kier molecular flexibility index (Phi) is 9.26. The number of rotatable bonds is 12. The topological polar surface area (TPSA) is 59.1 Å². The average molecular weight is 575 g/mol. The Morgan fingerprint density at radius 3 is 1.72 bits per heavy atom. The Bertz CT molecular complexity index is 1520. The van der Waals surface area contributed by atoms with Gasteiger partial charge in [0.15, 0.2) is 0 Å².